The van der Waals surface area contributed by atoms with Gasteiger partial charge in [0.2, 0.25) is 0 Å². The van der Waals surface area contributed by atoms with E-state index in [1.165, 1.54) is 0 Å². The van der Waals surface area contributed by atoms with Gasteiger partial charge in [0.1, 0.15) is 0 Å². The van der Waals surface area contributed by atoms with Crippen molar-refractivity contribution < 1.29 is 5.21 Å². The third-order valence-electron chi connectivity index (χ3n) is 2.28. The zero-order chi connectivity index (χ0) is 11.7. The Kier molecular flexibility index (Phi) is 2.62. The van der Waals surface area contributed by atoms with Crippen molar-refractivity contribution in [1.82, 2.24) is 14.6 Å². The summed E-state index contributed by atoms with van der Waals surface area (Å²) < 4.78 is 0.613. The lowest BCUT2D eigenvalue weighted by atomic mass is 10.2. The number of rotatable bonds is 2. The molecule has 0 saturated heterocycles. The van der Waals surface area contributed by atoms with Crippen molar-refractivity contribution in [3.63, 3.8) is 0 Å². The van der Waals surface area contributed by atoms with Crippen molar-refractivity contribution in [3.8, 4) is 0 Å². The quantitative estimate of drug-likeness (QED) is 0.755. The molecule has 0 spiro atoms. The highest BCUT2D eigenvalue weighted by Crippen LogP contribution is 2.07. The van der Waals surface area contributed by atoms with E-state index in [1.54, 1.807) is 18.2 Å². The van der Waals surface area contributed by atoms with Crippen molar-refractivity contribution in [2.24, 2.45) is 0 Å². The molecule has 0 aliphatic rings. The molecule has 2 rings (SSSR count). The molecule has 0 saturated carbocycles. The van der Waals surface area contributed by atoms with Gasteiger partial charge in [0, 0.05) is 0 Å². The summed E-state index contributed by atoms with van der Waals surface area (Å²) in [4.78, 5) is 17.9. The lowest BCUT2D eigenvalue weighted by Crippen LogP contribution is -2.26. The molecule has 84 valence electrons. The molecule has 0 aliphatic heterocycles. The Morgan fingerprint density at radius 3 is 2.75 bits per heavy atom. The minimum Gasteiger partial charge on any atom is -0.424 e. The molecule has 0 unspecified atom stereocenters. The fourth-order valence-electron chi connectivity index (χ4n) is 1.55. The van der Waals surface area contributed by atoms with Gasteiger partial charge in [-0.15, -0.1) is 4.73 Å². The Morgan fingerprint density at radius 1 is 1.38 bits per heavy atom. The molecule has 5 nitrogen and oxygen atoms in total. The van der Waals surface area contributed by atoms with Gasteiger partial charge >= 0.3 is 0 Å². The number of hydrogen-bond acceptors (Lipinski definition) is 4. The molecule has 5 heteroatoms. The molecule has 0 amide bonds. The van der Waals surface area contributed by atoms with E-state index >= 15 is 0 Å². The van der Waals surface area contributed by atoms with E-state index in [-0.39, 0.29) is 0 Å². The summed E-state index contributed by atoms with van der Waals surface area (Å²) in [5.41, 5.74) is 0.178. The van der Waals surface area contributed by atoms with Gasteiger partial charge in [-0.3, -0.25) is 4.79 Å². The van der Waals surface area contributed by atoms with E-state index in [0.29, 0.717) is 28.0 Å². The normalized spacial score (nSPS) is 11.2. The van der Waals surface area contributed by atoms with Crippen LogP contribution in [0.15, 0.2) is 29.1 Å². The molecule has 0 fully saturated rings. The molecule has 16 heavy (non-hydrogen) atoms. The van der Waals surface area contributed by atoms with Crippen LogP contribution in [-0.4, -0.2) is 33.9 Å². The Bertz CT molecular complexity index is 575. The summed E-state index contributed by atoms with van der Waals surface area (Å²) in [7, 11) is 3.70. The average molecular weight is 219 g/mol. The van der Waals surface area contributed by atoms with Crippen LogP contribution >= 0.6 is 0 Å². The highest BCUT2D eigenvalue weighted by Gasteiger charge is 2.09. The second-order valence-electron chi connectivity index (χ2n) is 3.90. The van der Waals surface area contributed by atoms with Gasteiger partial charge in [0.15, 0.2) is 5.82 Å². The Morgan fingerprint density at radius 2 is 2.06 bits per heavy atom. The smallest absolute Gasteiger partial charge is 0.294 e. The standard InChI is InChI=1S/C11H13N3O2/c1-13(2)7-10-12-9-6-4-3-5-8(9)11(15)14(10)16/h3-6,16H,7H2,1-2H3. The second kappa shape index (κ2) is 3.94. The average Bonchev–Trinajstić information content (AvgIpc) is 2.25. The number of para-hydroxylation sites is 1. The Labute approximate surface area is 92.5 Å². The summed E-state index contributed by atoms with van der Waals surface area (Å²) in [5, 5.41) is 10.1. The molecular formula is C11H13N3O2. The molecule has 1 heterocycles. The van der Waals surface area contributed by atoms with Crippen LogP contribution in [0.1, 0.15) is 5.82 Å². The van der Waals surface area contributed by atoms with Crippen LogP contribution in [0.3, 0.4) is 0 Å². The Balaban J connectivity index is 2.69. The molecule has 2 aromatic rings. The summed E-state index contributed by atoms with van der Waals surface area (Å²) in [6.07, 6.45) is 0. The summed E-state index contributed by atoms with van der Waals surface area (Å²) >= 11 is 0. The summed E-state index contributed by atoms with van der Waals surface area (Å²) in [6, 6.07) is 6.97. The monoisotopic (exact) mass is 219 g/mol. The third-order valence-corrected chi connectivity index (χ3v) is 2.28. The van der Waals surface area contributed by atoms with Gasteiger partial charge in [0.05, 0.1) is 17.4 Å². The zero-order valence-corrected chi connectivity index (χ0v) is 9.21. The van der Waals surface area contributed by atoms with E-state index in [1.807, 2.05) is 25.1 Å². The van der Waals surface area contributed by atoms with Crippen molar-refractivity contribution in [2.75, 3.05) is 14.1 Å². The van der Waals surface area contributed by atoms with Gasteiger partial charge in [0.25, 0.3) is 5.56 Å². The highest BCUT2D eigenvalue weighted by atomic mass is 16.5. The van der Waals surface area contributed by atoms with Crippen LogP contribution in [0.25, 0.3) is 10.9 Å². The number of nitrogens with zero attached hydrogens (tertiary/aromatic N) is 3. The van der Waals surface area contributed by atoms with Crippen LogP contribution in [0.5, 0.6) is 0 Å². The summed E-state index contributed by atoms with van der Waals surface area (Å²) in [6.45, 7) is 0.413. The highest BCUT2D eigenvalue weighted by molar-refractivity contribution is 5.77. The molecule has 0 atom stereocenters. The van der Waals surface area contributed by atoms with Crippen molar-refractivity contribution in [1.29, 1.82) is 0 Å². The van der Waals surface area contributed by atoms with E-state index in [0.717, 1.165) is 0 Å². The first-order valence-corrected chi connectivity index (χ1v) is 4.94. The largest absolute Gasteiger partial charge is 0.424 e. The van der Waals surface area contributed by atoms with Gasteiger partial charge in [-0.25, -0.2) is 4.98 Å². The minimum absolute atomic E-state index is 0.341. The molecular weight excluding hydrogens is 206 g/mol. The maximum atomic E-state index is 11.8. The molecule has 0 radical (unpaired) electrons. The van der Waals surface area contributed by atoms with Crippen molar-refractivity contribution >= 4 is 10.9 Å². The maximum absolute atomic E-state index is 11.8. The van der Waals surface area contributed by atoms with Gasteiger partial charge < -0.3 is 10.1 Å². The third kappa shape index (κ3) is 1.77. The fraction of sp³-hybridized carbons (Fsp3) is 0.273. The Hall–Kier alpha value is -1.88. The lowest BCUT2D eigenvalue weighted by molar-refractivity contribution is 0.153. The lowest BCUT2D eigenvalue weighted by Gasteiger charge is -2.11. The van der Waals surface area contributed by atoms with Crippen LogP contribution < -0.4 is 5.56 Å². The van der Waals surface area contributed by atoms with Crippen molar-refractivity contribution in [3.05, 3.63) is 40.4 Å². The predicted molar refractivity (Wildman–Crippen MR) is 60.6 cm³/mol. The van der Waals surface area contributed by atoms with E-state index in [2.05, 4.69) is 4.98 Å². The fourth-order valence-corrected chi connectivity index (χ4v) is 1.55. The molecule has 1 aromatic carbocycles. The van der Waals surface area contributed by atoms with Gasteiger partial charge in [-0.05, 0) is 26.2 Å². The molecule has 1 N–H and O–H groups in total. The van der Waals surface area contributed by atoms with Gasteiger partial charge in [-0.2, -0.15) is 0 Å². The number of aromatic nitrogens is 2. The van der Waals surface area contributed by atoms with Gasteiger partial charge in [-0.1, -0.05) is 12.1 Å². The van der Waals surface area contributed by atoms with E-state index < -0.39 is 5.56 Å². The van der Waals surface area contributed by atoms with E-state index in [9.17, 15) is 10.0 Å². The molecule has 0 aliphatic carbocycles. The molecule has 0 bridgehead atoms. The number of benzene rings is 1. The van der Waals surface area contributed by atoms with Crippen LogP contribution in [-0.2, 0) is 6.54 Å². The van der Waals surface area contributed by atoms with Crippen LogP contribution in [0, 0.1) is 0 Å². The first kappa shape index (κ1) is 10.6. The molecule has 1 aromatic heterocycles. The first-order chi connectivity index (χ1) is 7.59. The van der Waals surface area contributed by atoms with Crippen LogP contribution in [0.2, 0.25) is 0 Å². The number of hydrogen-bond donors (Lipinski definition) is 1. The predicted octanol–water partition coefficient (Wildman–Crippen LogP) is 0.695. The van der Waals surface area contributed by atoms with E-state index in [4.69, 9.17) is 0 Å². The van der Waals surface area contributed by atoms with Crippen LogP contribution in [0.4, 0.5) is 0 Å². The maximum Gasteiger partial charge on any atom is 0.294 e. The summed E-state index contributed by atoms with van der Waals surface area (Å²) in [5.74, 6) is 0.341. The first-order valence-electron chi connectivity index (χ1n) is 4.94. The van der Waals surface area contributed by atoms with Crippen molar-refractivity contribution in [2.45, 2.75) is 6.54 Å². The SMILES string of the molecule is CN(C)Cc1nc2ccccc2c(=O)n1O. The second-order valence-corrected chi connectivity index (χ2v) is 3.90. The minimum atomic E-state index is -0.428. The zero-order valence-electron chi connectivity index (χ0n) is 9.21. The number of fused-ring (bicyclic) bond motifs is 1. The topological polar surface area (TPSA) is 58.4 Å².